The molecular formula is C93H87N3O15. The van der Waals surface area contributed by atoms with Gasteiger partial charge in [0.05, 0.1) is 52.6 Å². The largest absolute Gasteiger partial charge is 0.481 e. The second-order valence-electron chi connectivity index (χ2n) is 29.5. The molecule has 3 fully saturated rings. The number of carboxylic acids is 3. The average Bonchev–Trinajstić information content (AvgIpc) is 1.62. The van der Waals surface area contributed by atoms with Crippen molar-refractivity contribution in [1.29, 1.82) is 0 Å². The summed E-state index contributed by atoms with van der Waals surface area (Å²) in [5.74, 6) is -1.62. The van der Waals surface area contributed by atoms with Crippen LogP contribution in [0.25, 0.3) is 67.4 Å². The van der Waals surface area contributed by atoms with Crippen molar-refractivity contribution < 1.29 is 71.9 Å². The van der Waals surface area contributed by atoms with Crippen LogP contribution in [0.5, 0.6) is 0 Å². The molecule has 0 aliphatic heterocycles. The van der Waals surface area contributed by atoms with Crippen molar-refractivity contribution in [3.63, 3.8) is 0 Å². The molecule has 111 heavy (non-hydrogen) atoms. The first-order chi connectivity index (χ1) is 53.3. The summed E-state index contributed by atoms with van der Waals surface area (Å²) in [6.07, 6.45) is 3.26. The van der Waals surface area contributed by atoms with Gasteiger partial charge in [0.1, 0.15) is 18.3 Å². The van der Waals surface area contributed by atoms with Gasteiger partial charge in [-0.25, -0.2) is 0 Å². The fourth-order valence-corrected chi connectivity index (χ4v) is 14.3. The zero-order valence-corrected chi connectivity index (χ0v) is 63.5. The lowest BCUT2D eigenvalue weighted by atomic mass is 9.93. The second kappa shape index (κ2) is 32.3. The van der Waals surface area contributed by atoms with Gasteiger partial charge < -0.3 is 43.1 Å². The molecule has 0 bridgehead atoms. The molecule has 3 aliphatic carbocycles. The van der Waals surface area contributed by atoms with E-state index in [1.54, 1.807) is 0 Å². The highest BCUT2D eigenvalue weighted by Gasteiger charge is 2.53. The Kier molecular flexibility index (Phi) is 22.3. The average molecular weight is 1490 g/mol. The number of carbonyl (C=O) groups is 6. The number of hydrogen-bond donors (Lipinski definition) is 3. The van der Waals surface area contributed by atoms with E-state index in [0.717, 1.165) is 100 Å². The first kappa shape index (κ1) is 76.6. The van der Waals surface area contributed by atoms with Gasteiger partial charge in [0, 0.05) is 33.4 Å². The Morgan fingerprint density at radius 1 is 0.342 bits per heavy atom. The van der Waals surface area contributed by atoms with Gasteiger partial charge in [-0.1, -0.05) is 245 Å². The van der Waals surface area contributed by atoms with Gasteiger partial charge in [0.2, 0.25) is 0 Å². The number of aryl methyl sites for hydroxylation is 6. The molecule has 3 saturated carbocycles. The Bertz CT molecular complexity index is 5390. The van der Waals surface area contributed by atoms with Gasteiger partial charge >= 0.3 is 35.8 Å². The maximum Gasteiger partial charge on any atom is 0.314 e. The van der Waals surface area contributed by atoms with Gasteiger partial charge in [-0.2, -0.15) is 0 Å². The molecule has 0 unspecified atom stereocenters. The molecule has 0 amide bonds. The molecule has 0 spiro atoms. The topological polar surface area (TPSA) is 269 Å². The van der Waals surface area contributed by atoms with Crippen LogP contribution >= 0.6 is 0 Å². The van der Waals surface area contributed by atoms with Crippen LogP contribution in [0, 0.1) is 41.5 Å². The number of carboxylic acid groups (broad SMARTS) is 3. The fraction of sp³-hybridized carbons (Fsp3) is 0.258. The Morgan fingerprint density at radius 2 is 0.640 bits per heavy atom. The van der Waals surface area contributed by atoms with Crippen LogP contribution in [-0.2, 0) is 78.5 Å². The number of carbonyl (C=O) groups excluding carboxylic acids is 3. The maximum absolute atomic E-state index is 12.8. The van der Waals surface area contributed by atoms with Gasteiger partial charge in [0.15, 0.2) is 17.3 Å². The number of ether oxygens (including phenoxy) is 3. The van der Waals surface area contributed by atoms with Crippen molar-refractivity contribution in [3.8, 4) is 67.4 Å². The molecular weight excluding hydrogens is 1400 g/mol. The lowest BCUT2D eigenvalue weighted by Crippen LogP contribution is -2.19. The SMILES string of the molecule is Cc1ccc([C@@H](C)OC(=O)Cc2c(C)noc2-c2ccc(-c3ccc(C4(C(=O)O)CC4)cc3)cc2)cc1.Cc1cccc([C@@H](C)OC(=O)Cc2c(C)noc2-c2ccc(-c3ccc(C4(C(=O)O)CC4)cc3)cc2)c1.Cc1ccccc1[C@@H](C)OC(=O)Cc1c(C)noc1-c1ccc(-c2ccc(C3(C(=O)O)CC3)cc2)cc1. The summed E-state index contributed by atoms with van der Waals surface area (Å²) in [4.78, 5) is 73.1. The van der Waals surface area contributed by atoms with Gasteiger partial charge in [-0.05, 0) is 173 Å². The van der Waals surface area contributed by atoms with Crippen LogP contribution < -0.4 is 0 Å². The van der Waals surface area contributed by atoms with Crippen molar-refractivity contribution in [3.05, 3.63) is 302 Å². The molecule has 12 aromatic rings. The molecule has 0 saturated heterocycles. The van der Waals surface area contributed by atoms with Gasteiger partial charge in [-0.3, -0.25) is 28.8 Å². The first-order valence-corrected chi connectivity index (χ1v) is 37.3. The van der Waals surface area contributed by atoms with Crippen molar-refractivity contribution in [2.75, 3.05) is 0 Å². The standard InChI is InChI=1S/3C31H29NO5/c1-19-4-6-22(7-5-19)21(3)36-28(33)18-27-20(2)32-37-29(27)25-10-8-23(9-11-25)24-12-14-26(15-13-24)31(16-17-31)30(34)35;1-19-5-4-6-25(17-19)21(3)36-28(33)18-27-20(2)32-37-29(27)24-9-7-22(8-10-24)23-11-13-26(14-12-23)31(15-16-31)30(34)35;1-19-6-4-5-7-26(19)21(3)36-28(33)18-27-20(2)32-37-29(27)24-10-8-22(9-11-24)23-12-14-25(15-13-23)31(16-17-31)30(34)35/h4-15,21H,16-18H2,1-3H3,(H,34,35);4-14,17,21H,15-16,18H2,1-3H3,(H,34,35);4-15,21H,16-18H2,1-3H3,(H,34,35)/t3*21-/m111/s1. The highest BCUT2D eigenvalue weighted by Crippen LogP contribution is 2.51. The van der Waals surface area contributed by atoms with Crippen molar-refractivity contribution >= 4 is 35.8 Å². The zero-order valence-electron chi connectivity index (χ0n) is 63.5. The molecule has 3 heterocycles. The molecule has 0 radical (unpaired) electrons. The Labute approximate surface area is 644 Å². The van der Waals surface area contributed by atoms with Gasteiger partial charge in [-0.15, -0.1) is 0 Å². The van der Waals surface area contributed by atoms with E-state index in [2.05, 4.69) is 15.5 Å². The monoisotopic (exact) mass is 1490 g/mol. The number of benzene rings is 9. The number of aromatic nitrogens is 3. The number of hydrogen-bond acceptors (Lipinski definition) is 15. The maximum atomic E-state index is 12.8. The van der Waals surface area contributed by atoms with Crippen LogP contribution in [0.15, 0.2) is 232 Å². The third-order valence-electron chi connectivity index (χ3n) is 21.8. The van der Waals surface area contributed by atoms with E-state index in [9.17, 15) is 44.1 Å². The lowest BCUT2D eigenvalue weighted by Gasteiger charge is -2.16. The smallest absolute Gasteiger partial charge is 0.314 e. The summed E-state index contributed by atoms with van der Waals surface area (Å²) in [6.45, 7) is 17.1. The molecule has 3 aromatic heterocycles. The first-order valence-electron chi connectivity index (χ1n) is 37.3. The van der Waals surface area contributed by atoms with E-state index in [-0.39, 0.29) is 55.5 Å². The normalized spacial score (nSPS) is 14.7. The summed E-state index contributed by atoms with van der Waals surface area (Å²) in [7, 11) is 0. The number of nitrogens with zero attached hydrogens (tertiary/aromatic N) is 3. The summed E-state index contributed by atoms with van der Waals surface area (Å²) >= 11 is 0. The predicted molar refractivity (Wildman–Crippen MR) is 420 cm³/mol. The van der Waals surface area contributed by atoms with Gasteiger partial charge in [0.25, 0.3) is 0 Å². The van der Waals surface area contributed by atoms with E-state index in [1.807, 2.05) is 281 Å². The summed E-state index contributed by atoms with van der Waals surface area (Å²) < 4.78 is 33.9. The molecule has 3 N–H and O–H groups in total. The van der Waals surface area contributed by atoms with Crippen molar-refractivity contribution in [2.45, 2.75) is 155 Å². The molecule has 9 aromatic carbocycles. The Balaban J connectivity index is 0.000000146. The summed E-state index contributed by atoms with van der Waals surface area (Å²) in [5, 5.41) is 40.9. The number of esters is 3. The number of rotatable bonds is 24. The third kappa shape index (κ3) is 17.0. The minimum absolute atomic E-state index is 0.0648. The lowest BCUT2D eigenvalue weighted by molar-refractivity contribution is -0.148. The Morgan fingerprint density at radius 3 is 0.946 bits per heavy atom. The van der Waals surface area contributed by atoms with Crippen LogP contribution in [0.2, 0.25) is 0 Å². The molecule has 3 atom stereocenters. The number of aliphatic carboxylic acids is 3. The minimum Gasteiger partial charge on any atom is -0.481 e. The minimum atomic E-state index is -0.753. The molecule has 18 nitrogen and oxygen atoms in total. The highest BCUT2D eigenvalue weighted by molar-refractivity contribution is 5.88. The van der Waals surface area contributed by atoms with E-state index in [4.69, 9.17) is 27.8 Å². The van der Waals surface area contributed by atoms with Crippen LogP contribution in [-0.4, -0.2) is 66.6 Å². The van der Waals surface area contributed by atoms with E-state index >= 15 is 0 Å². The van der Waals surface area contributed by atoms with Crippen LogP contribution in [0.1, 0.15) is 161 Å². The van der Waals surface area contributed by atoms with E-state index < -0.39 is 34.2 Å². The predicted octanol–water partition coefficient (Wildman–Crippen LogP) is 19.8. The summed E-state index contributed by atoms with van der Waals surface area (Å²) in [5.41, 5.74) is 19.2. The highest BCUT2D eigenvalue weighted by atomic mass is 16.6. The van der Waals surface area contributed by atoms with Crippen molar-refractivity contribution in [1.82, 2.24) is 15.5 Å². The molecule has 15 rings (SSSR count). The Hall–Kier alpha value is -12.6. The van der Waals surface area contributed by atoms with E-state index in [1.165, 1.54) is 0 Å². The zero-order chi connectivity index (χ0) is 78.5. The molecule has 3 aliphatic rings. The third-order valence-corrected chi connectivity index (χ3v) is 21.8. The van der Waals surface area contributed by atoms with Crippen LogP contribution in [0.3, 0.4) is 0 Å². The van der Waals surface area contributed by atoms with Crippen LogP contribution in [0.4, 0.5) is 0 Å². The van der Waals surface area contributed by atoms with Crippen molar-refractivity contribution in [2.24, 2.45) is 0 Å². The second-order valence-corrected chi connectivity index (χ2v) is 29.5. The summed E-state index contributed by atoms with van der Waals surface area (Å²) in [6, 6.07) is 70.4. The molecule has 18 heteroatoms. The van der Waals surface area contributed by atoms with E-state index in [0.29, 0.717) is 89.6 Å². The molecule has 564 valence electrons. The fourth-order valence-electron chi connectivity index (χ4n) is 14.3. The quantitative estimate of drug-likeness (QED) is 0.0375.